The number of nitrogens with zero attached hydrogens (tertiary/aromatic N) is 2. The summed E-state index contributed by atoms with van der Waals surface area (Å²) >= 11 is 0. The summed E-state index contributed by atoms with van der Waals surface area (Å²) in [5, 5.41) is 0. The van der Waals surface area contributed by atoms with Gasteiger partial charge in [-0.1, -0.05) is 19.9 Å². The molecule has 1 aliphatic rings. The Morgan fingerprint density at radius 3 is 2.71 bits per heavy atom. The van der Waals surface area contributed by atoms with Gasteiger partial charge in [-0.25, -0.2) is 4.98 Å². The van der Waals surface area contributed by atoms with Crippen molar-refractivity contribution < 1.29 is 0 Å². The lowest BCUT2D eigenvalue weighted by Gasteiger charge is -2.20. The molecule has 0 aliphatic carbocycles. The van der Waals surface area contributed by atoms with Crippen LogP contribution in [0, 0.1) is 5.41 Å². The van der Waals surface area contributed by atoms with Crippen molar-refractivity contribution in [2.75, 3.05) is 18.0 Å². The molecule has 0 radical (unpaired) electrons. The molecule has 1 fully saturated rings. The van der Waals surface area contributed by atoms with Crippen molar-refractivity contribution in [3.63, 3.8) is 0 Å². The molecule has 0 bridgehead atoms. The lowest BCUT2D eigenvalue weighted by molar-refractivity contribution is 0.418. The molecule has 2 heterocycles. The molecule has 1 saturated heterocycles. The predicted octanol–water partition coefficient (Wildman–Crippen LogP) is 2.21. The molecule has 0 aromatic carbocycles. The van der Waals surface area contributed by atoms with Crippen LogP contribution in [0.25, 0.3) is 0 Å². The zero-order chi connectivity index (χ0) is 12.5. The number of rotatable bonds is 3. The smallest absolute Gasteiger partial charge is 0.128 e. The summed E-state index contributed by atoms with van der Waals surface area (Å²) in [6, 6.07) is 4.48. The second kappa shape index (κ2) is 4.65. The van der Waals surface area contributed by atoms with Crippen LogP contribution in [-0.4, -0.2) is 24.1 Å². The van der Waals surface area contributed by atoms with E-state index in [0.717, 1.165) is 25.3 Å². The summed E-state index contributed by atoms with van der Waals surface area (Å²) in [6.07, 6.45) is 4.11. The van der Waals surface area contributed by atoms with Gasteiger partial charge in [-0.3, -0.25) is 0 Å². The van der Waals surface area contributed by atoms with Crippen molar-refractivity contribution in [1.82, 2.24) is 4.98 Å². The van der Waals surface area contributed by atoms with Gasteiger partial charge in [0.25, 0.3) is 0 Å². The minimum atomic E-state index is 0.202. The summed E-state index contributed by atoms with van der Waals surface area (Å²) in [7, 11) is 0. The van der Waals surface area contributed by atoms with Gasteiger partial charge in [0.05, 0.1) is 0 Å². The molecule has 3 heteroatoms. The normalized spacial score (nSPS) is 20.6. The Morgan fingerprint density at radius 2 is 2.24 bits per heavy atom. The number of nitrogens with two attached hydrogens (primary N) is 1. The number of hydrogen-bond donors (Lipinski definition) is 1. The van der Waals surface area contributed by atoms with Crippen molar-refractivity contribution in [2.24, 2.45) is 11.1 Å². The van der Waals surface area contributed by atoms with Crippen LogP contribution in [0.1, 0.15) is 32.8 Å². The first-order valence-corrected chi connectivity index (χ1v) is 6.42. The van der Waals surface area contributed by atoms with Gasteiger partial charge >= 0.3 is 0 Å². The third kappa shape index (κ3) is 3.19. The number of anilines is 1. The van der Waals surface area contributed by atoms with Crippen LogP contribution in [-0.2, 0) is 6.42 Å². The molecule has 94 valence electrons. The van der Waals surface area contributed by atoms with E-state index in [1.54, 1.807) is 0 Å². The van der Waals surface area contributed by atoms with Crippen LogP contribution in [0.15, 0.2) is 18.3 Å². The molecule has 0 spiro atoms. The first kappa shape index (κ1) is 12.4. The van der Waals surface area contributed by atoms with E-state index < -0.39 is 0 Å². The molecule has 1 unspecified atom stereocenters. The van der Waals surface area contributed by atoms with Crippen LogP contribution >= 0.6 is 0 Å². The molecule has 17 heavy (non-hydrogen) atoms. The number of aromatic nitrogens is 1. The maximum Gasteiger partial charge on any atom is 0.128 e. The maximum absolute atomic E-state index is 5.78. The topological polar surface area (TPSA) is 42.1 Å². The van der Waals surface area contributed by atoms with Gasteiger partial charge in [0.15, 0.2) is 0 Å². The molecule has 3 nitrogen and oxygen atoms in total. The highest BCUT2D eigenvalue weighted by molar-refractivity contribution is 5.41. The monoisotopic (exact) mass is 233 g/mol. The van der Waals surface area contributed by atoms with Gasteiger partial charge < -0.3 is 10.6 Å². The van der Waals surface area contributed by atoms with Gasteiger partial charge in [-0.05, 0) is 36.8 Å². The fourth-order valence-corrected chi connectivity index (χ4v) is 2.40. The van der Waals surface area contributed by atoms with E-state index in [0.29, 0.717) is 5.41 Å². The van der Waals surface area contributed by atoms with E-state index in [4.69, 9.17) is 5.73 Å². The molecule has 1 aliphatic heterocycles. The molecule has 1 aromatic heterocycles. The van der Waals surface area contributed by atoms with Gasteiger partial charge in [-0.15, -0.1) is 0 Å². The van der Waals surface area contributed by atoms with Crippen molar-refractivity contribution in [3.05, 3.63) is 23.9 Å². The van der Waals surface area contributed by atoms with E-state index in [1.807, 2.05) is 13.1 Å². The van der Waals surface area contributed by atoms with E-state index >= 15 is 0 Å². The molecular weight excluding hydrogens is 210 g/mol. The largest absolute Gasteiger partial charge is 0.356 e. The summed E-state index contributed by atoms with van der Waals surface area (Å²) in [5.41, 5.74) is 7.43. The average molecular weight is 233 g/mol. The predicted molar refractivity (Wildman–Crippen MR) is 72.2 cm³/mol. The SMILES string of the molecule is CC(N)Cc1ccc(N2CCC(C)(C)C2)nc1. The summed E-state index contributed by atoms with van der Waals surface area (Å²) in [5.74, 6) is 1.10. The van der Waals surface area contributed by atoms with Crippen LogP contribution in [0.5, 0.6) is 0 Å². The summed E-state index contributed by atoms with van der Waals surface area (Å²) in [4.78, 5) is 6.92. The van der Waals surface area contributed by atoms with Crippen LogP contribution in [0.3, 0.4) is 0 Å². The third-order valence-corrected chi connectivity index (χ3v) is 3.37. The Bertz CT molecular complexity index is 368. The number of pyridine rings is 1. The Morgan fingerprint density at radius 1 is 1.47 bits per heavy atom. The Labute approximate surface area is 104 Å². The second-order valence-electron chi connectivity index (χ2n) is 6.04. The highest BCUT2D eigenvalue weighted by Crippen LogP contribution is 2.31. The van der Waals surface area contributed by atoms with E-state index in [-0.39, 0.29) is 6.04 Å². The van der Waals surface area contributed by atoms with Crippen molar-refractivity contribution in [3.8, 4) is 0 Å². The van der Waals surface area contributed by atoms with Crippen molar-refractivity contribution >= 4 is 5.82 Å². The molecule has 2 rings (SSSR count). The fraction of sp³-hybridized carbons (Fsp3) is 0.643. The van der Waals surface area contributed by atoms with Gasteiger partial charge in [0.1, 0.15) is 5.82 Å². The first-order chi connectivity index (χ1) is 7.96. The lowest BCUT2D eigenvalue weighted by atomic mass is 9.93. The molecule has 2 N–H and O–H groups in total. The van der Waals surface area contributed by atoms with Gasteiger partial charge in [-0.2, -0.15) is 0 Å². The second-order valence-corrected chi connectivity index (χ2v) is 6.04. The fourth-order valence-electron chi connectivity index (χ4n) is 2.40. The molecule has 1 atom stereocenters. The molecule has 0 saturated carbocycles. The lowest BCUT2D eigenvalue weighted by Crippen LogP contribution is -2.23. The Kier molecular flexibility index (Phi) is 3.38. The zero-order valence-corrected chi connectivity index (χ0v) is 11.1. The first-order valence-electron chi connectivity index (χ1n) is 6.42. The minimum absolute atomic E-state index is 0.202. The van der Waals surface area contributed by atoms with E-state index in [9.17, 15) is 0 Å². The van der Waals surface area contributed by atoms with E-state index in [2.05, 4.69) is 35.9 Å². The maximum atomic E-state index is 5.78. The number of hydrogen-bond acceptors (Lipinski definition) is 3. The van der Waals surface area contributed by atoms with Crippen molar-refractivity contribution in [2.45, 2.75) is 39.7 Å². The Balaban J connectivity index is 2.03. The van der Waals surface area contributed by atoms with Crippen molar-refractivity contribution in [1.29, 1.82) is 0 Å². The van der Waals surface area contributed by atoms with E-state index in [1.165, 1.54) is 12.0 Å². The van der Waals surface area contributed by atoms with Crippen LogP contribution < -0.4 is 10.6 Å². The quantitative estimate of drug-likeness (QED) is 0.870. The summed E-state index contributed by atoms with van der Waals surface area (Å²) in [6.45, 7) is 8.88. The molecular formula is C14H23N3. The molecule has 0 amide bonds. The van der Waals surface area contributed by atoms with Gasteiger partial charge in [0, 0.05) is 25.3 Å². The highest BCUT2D eigenvalue weighted by atomic mass is 15.2. The molecule has 1 aromatic rings. The van der Waals surface area contributed by atoms with Gasteiger partial charge in [0.2, 0.25) is 0 Å². The van der Waals surface area contributed by atoms with Crippen LogP contribution in [0.4, 0.5) is 5.82 Å². The average Bonchev–Trinajstić information content (AvgIpc) is 2.59. The van der Waals surface area contributed by atoms with Crippen LogP contribution in [0.2, 0.25) is 0 Å². The summed E-state index contributed by atoms with van der Waals surface area (Å²) < 4.78 is 0. The standard InChI is InChI=1S/C14H23N3/c1-11(15)8-12-4-5-13(16-9-12)17-7-6-14(2,3)10-17/h4-5,9,11H,6-8,10,15H2,1-3H3. The minimum Gasteiger partial charge on any atom is -0.356 e. The third-order valence-electron chi connectivity index (χ3n) is 3.37. The highest BCUT2D eigenvalue weighted by Gasteiger charge is 2.29. The Hall–Kier alpha value is -1.09. The zero-order valence-electron chi connectivity index (χ0n) is 11.1.